The predicted octanol–water partition coefficient (Wildman–Crippen LogP) is 1.50. The molecule has 0 aromatic heterocycles. The van der Waals surface area contributed by atoms with Gasteiger partial charge in [-0.3, -0.25) is 0 Å². The van der Waals surface area contributed by atoms with Gasteiger partial charge in [0.1, 0.15) is 5.72 Å². The van der Waals surface area contributed by atoms with Crippen LogP contribution in [-0.4, -0.2) is 12.3 Å². The van der Waals surface area contributed by atoms with Gasteiger partial charge in [0, 0.05) is 6.61 Å². The van der Waals surface area contributed by atoms with E-state index in [1.807, 2.05) is 13.8 Å². The van der Waals surface area contributed by atoms with Gasteiger partial charge < -0.3 is 10.5 Å². The zero-order valence-corrected chi connectivity index (χ0v) is 6.61. The predicted molar refractivity (Wildman–Crippen MR) is 39.1 cm³/mol. The molecule has 0 aliphatic carbocycles. The second-order valence-corrected chi connectivity index (χ2v) is 2.50. The highest BCUT2D eigenvalue weighted by molar-refractivity contribution is 4.63. The summed E-state index contributed by atoms with van der Waals surface area (Å²) in [4.78, 5) is 0. The number of nitrogens with two attached hydrogens (primary N) is 1. The van der Waals surface area contributed by atoms with Gasteiger partial charge in [0.2, 0.25) is 0 Å². The first kappa shape index (κ1) is 8.92. The summed E-state index contributed by atoms with van der Waals surface area (Å²) in [6.07, 6.45) is 2.01. The molecule has 0 amide bonds. The molecule has 2 nitrogen and oxygen atoms in total. The van der Waals surface area contributed by atoms with Crippen molar-refractivity contribution in [3.8, 4) is 0 Å². The summed E-state index contributed by atoms with van der Waals surface area (Å²) in [6.45, 7) is 6.68. The lowest BCUT2D eigenvalue weighted by molar-refractivity contribution is -0.0264. The van der Waals surface area contributed by atoms with Crippen molar-refractivity contribution in [1.29, 1.82) is 0 Å². The van der Waals surface area contributed by atoms with Crippen molar-refractivity contribution in [3.63, 3.8) is 0 Å². The van der Waals surface area contributed by atoms with E-state index in [0.29, 0.717) is 6.61 Å². The van der Waals surface area contributed by atoms with Crippen LogP contribution in [0.15, 0.2) is 0 Å². The van der Waals surface area contributed by atoms with E-state index in [2.05, 4.69) is 6.92 Å². The van der Waals surface area contributed by atoms with Gasteiger partial charge in [0.25, 0.3) is 0 Å². The van der Waals surface area contributed by atoms with Crippen molar-refractivity contribution in [2.45, 2.75) is 39.3 Å². The SMILES string of the molecule is CCCC(C)(N)OCC. The average Bonchev–Trinajstić information content (AvgIpc) is 1.64. The first-order valence-electron chi connectivity index (χ1n) is 3.55. The van der Waals surface area contributed by atoms with E-state index >= 15 is 0 Å². The average molecular weight is 131 g/mol. The Labute approximate surface area is 57.4 Å². The van der Waals surface area contributed by atoms with E-state index in [4.69, 9.17) is 10.5 Å². The molecule has 9 heavy (non-hydrogen) atoms. The van der Waals surface area contributed by atoms with Crippen molar-refractivity contribution in [2.24, 2.45) is 5.73 Å². The first-order valence-corrected chi connectivity index (χ1v) is 3.55. The smallest absolute Gasteiger partial charge is 0.113 e. The molecule has 1 atom stereocenters. The maximum absolute atomic E-state index is 5.72. The molecular formula is C7H17NO. The maximum Gasteiger partial charge on any atom is 0.113 e. The Kier molecular flexibility index (Phi) is 3.82. The summed E-state index contributed by atoms with van der Waals surface area (Å²) in [5, 5.41) is 0. The van der Waals surface area contributed by atoms with Crippen LogP contribution in [0.1, 0.15) is 33.6 Å². The maximum atomic E-state index is 5.72. The molecule has 0 saturated carbocycles. The molecule has 0 heterocycles. The molecule has 0 aromatic rings. The number of ether oxygens (including phenoxy) is 1. The van der Waals surface area contributed by atoms with E-state index < -0.39 is 5.72 Å². The molecule has 0 aromatic carbocycles. The van der Waals surface area contributed by atoms with E-state index in [1.165, 1.54) is 0 Å². The summed E-state index contributed by atoms with van der Waals surface area (Å²) >= 11 is 0. The zero-order valence-electron chi connectivity index (χ0n) is 6.61. The number of hydrogen-bond acceptors (Lipinski definition) is 2. The summed E-state index contributed by atoms with van der Waals surface area (Å²) < 4.78 is 5.25. The highest BCUT2D eigenvalue weighted by atomic mass is 16.5. The highest BCUT2D eigenvalue weighted by Crippen LogP contribution is 2.08. The fourth-order valence-corrected chi connectivity index (χ4v) is 0.898. The molecule has 56 valence electrons. The largest absolute Gasteiger partial charge is 0.361 e. The third-order valence-corrected chi connectivity index (χ3v) is 1.22. The minimum Gasteiger partial charge on any atom is -0.361 e. The lowest BCUT2D eigenvalue weighted by Gasteiger charge is -2.23. The van der Waals surface area contributed by atoms with Crippen LogP contribution in [0.2, 0.25) is 0 Å². The van der Waals surface area contributed by atoms with E-state index in [9.17, 15) is 0 Å². The van der Waals surface area contributed by atoms with Gasteiger partial charge in [-0.15, -0.1) is 0 Å². The summed E-state index contributed by atoms with van der Waals surface area (Å²) in [5.41, 5.74) is 5.32. The molecule has 0 radical (unpaired) electrons. The Hall–Kier alpha value is -0.0800. The summed E-state index contributed by atoms with van der Waals surface area (Å²) in [7, 11) is 0. The molecule has 1 unspecified atom stereocenters. The Morgan fingerprint density at radius 3 is 2.33 bits per heavy atom. The topological polar surface area (TPSA) is 35.2 Å². The van der Waals surface area contributed by atoms with Gasteiger partial charge in [-0.05, 0) is 20.3 Å². The second-order valence-electron chi connectivity index (χ2n) is 2.50. The van der Waals surface area contributed by atoms with Gasteiger partial charge in [0.15, 0.2) is 0 Å². The minimum atomic E-state index is -0.399. The summed E-state index contributed by atoms with van der Waals surface area (Å²) in [6, 6.07) is 0. The molecule has 0 aliphatic rings. The standard InChI is InChI=1S/C7H17NO/c1-4-6-7(3,8)9-5-2/h4-6,8H2,1-3H3. The Morgan fingerprint density at radius 2 is 2.00 bits per heavy atom. The van der Waals surface area contributed by atoms with Crippen LogP contribution in [0, 0.1) is 0 Å². The fraction of sp³-hybridized carbons (Fsp3) is 1.00. The summed E-state index contributed by atoms with van der Waals surface area (Å²) in [5.74, 6) is 0. The van der Waals surface area contributed by atoms with Crippen molar-refractivity contribution in [3.05, 3.63) is 0 Å². The van der Waals surface area contributed by atoms with Crippen LogP contribution in [0.3, 0.4) is 0 Å². The molecule has 0 spiro atoms. The third kappa shape index (κ3) is 4.43. The Balaban J connectivity index is 3.43. The molecule has 2 N–H and O–H groups in total. The minimum absolute atomic E-state index is 0.399. The van der Waals surface area contributed by atoms with Gasteiger partial charge >= 0.3 is 0 Å². The van der Waals surface area contributed by atoms with Crippen LogP contribution >= 0.6 is 0 Å². The second kappa shape index (κ2) is 3.85. The Bertz CT molecular complexity index is 63.3. The normalized spacial score (nSPS) is 17.3. The van der Waals surface area contributed by atoms with Crippen molar-refractivity contribution in [2.75, 3.05) is 6.61 Å². The van der Waals surface area contributed by atoms with E-state index in [1.54, 1.807) is 0 Å². The van der Waals surface area contributed by atoms with Crippen molar-refractivity contribution in [1.82, 2.24) is 0 Å². The van der Waals surface area contributed by atoms with Gasteiger partial charge in [0.05, 0.1) is 0 Å². The zero-order chi connectivity index (χ0) is 7.33. The molecule has 0 rings (SSSR count). The van der Waals surface area contributed by atoms with Crippen molar-refractivity contribution >= 4 is 0 Å². The van der Waals surface area contributed by atoms with Crippen LogP contribution < -0.4 is 5.73 Å². The number of hydrogen-bond donors (Lipinski definition) is 1. The quantitative estimate of drug-likeness (QED) is 0.587. The highest BCUT2D eigenvalue weighted by Gasteiger charge is 2.15. The van der Waals surface area contributed by atoms with Crippen LogP contribution in [0.4, 0.5) is 0 Å². The van der Waals surface area contributed by atoms with E-state index in [-0.39, 0.29) is 0 Å². The van der Waals surface area contributed by atoms with Gasteiger partial charge in [-0.25, -0.2) is 0 Å². The molecule has 0 saturated heterocycles. The van der Waals surface area contributed by atoms with Crippen LogP contribution in [0.5, 0.6) is 0 Å². The molecular weight excluding hydrogens is 114 g/mol. The number of rotatable bonds is 4. The fourth-order valence-electron chi connectivity index (χ4n) is 0.898. The van der Waals surface area contributed by atoms with Gasteiger partial charge in [-0.2, -0.15) is 0 Å². The van der Waals surface area contributed by atoms with E-state index in [0.717, 1.165) is 12.8 Å². The van der Waals surface area contributed by atoms with Gasteiger partial charge in [-0.1, -0.05) is 13.3 Å². The molecule has 0 fully saturated rings. The monoisotopic (exact) mass is 131 g/mol. The lowest BCUT2D eigenvalue weighted by atomic mass is 10.1. The molecule has 0 aliphatic heterocycles. The van der Waals surface area contributed by atoms with Crippen LogP contribution in [0.25, 0.3) is 0 Å². The van der Waals surface area contributed by atoms with Crippen molar-refractivity contribution < 1.29 is 4.74 Å². The molecule has 2 heteroatoms. The van der Waals surface area contributed by atoms with Crippen LogP contribution in [-0.2, 0) is 4.74 Å². The lowest BCUT2D eigenvalue weighted by Crippen LogP contribution is -2.38. The third-order valence-electron chi connectivity index (χ3n) is 1.22. The first-order chi connectivity index (χ1) is 4.12. The molecule has 0 bridgehead atoms. The Morgan fingerprint density at radius 1 is 1.44 bits per heavy atom.